The quantitative estimate of drug-likeness (QED) is 0.816. The zero-order valence-electron chi connectivity index (χ0n) is 9.07. The topological polar surface area (TPSA) is 43.8 Å². The van der Waals surface area contributed by atoms with Crippen LogP contribution < -0.4 is 5.73 Å². The molecule has 0 fully saturated rings. The first-order valence-corrected chi connectivity index (χ1v) is 6.00. The lowest BCUT2D eigenvalue weighted by molar-refractivity contribution is 0.625. The number of anilines is 1. The fourth-order valence-electron chi connectivity index (χ4n) is 1.55. The molecule has 0 radical (unpaired) electrons. The maximum atomic E-state index is 13.0. The molecule has 2 aromatic rings. The molecule has 0 aliphatic heterocycles. The standard InChI is InChI=1S/C11H12FN3S/c1-7-5-8(12)3-4-9(7)15-11(13)10(16-2)6-14-15/h3-6H,13H2,1-2H3. The first-order chi connectivity index (χ1) is 7.63. The molecule has 0 bridgehead atoms. The van der Waals surface area contributed by atoms with Crippen molar-refractivity contribution in [1.82, 2.24) is 9.78 Å². The van der Waals surface area contributed by atoms with Crippen LogP contribution in [0.4, 0.5) is 10.2 Å². The van der Waals surface area contributed by atoms with Gasteiger partial charge in [0.05, 0.1) is 16.8 Å². The Labute approximate surface area is 97.5 Å². The van der Waals surface area contributed by atoms with E-state index in [1.165, 1.54) is 23.9 Å². The minimum Gasteiger partial charge on any atom is -0.383 e. The lowest BCUT2D eigenvalue weighted by Gasteiger charge is -2.08. The number of halogens is 1. The zero-order chi connectivity index (χ0) is 11.7. The lowest BCUT2D eigenvalue weighted by Crippen LogP contribution is -2.04. The molecule has 5 heteroatoms. The third-order valence-corrected chi connectivity index (χ3v) is 3.13. The van der Waals surface area contributed by atoms with Crippen LogP contribution >= 0.6 is 11.8 Å². The Morgan fingerprint density at radius 2 is 2.19 bits per heavy atom. The van der Waals surface area contributed by atoms with Crippen LogP contribution in [-0.2, 0) is 0 Å². The van der Waals surface area contributed by atoms with Crippen molar-refractivity contribution >= 4 is 17.6 Å². The molecule has 1 heterocycles. The highest BCUT2D eigenvalue weighted by Crippen LogP contribution is 2.26. The molecule has 0 spiro atoms. The van der Waals surface area contributed by atoms with Gasteiger partial charge in [0.25, 0.3) is 0 Å². The molecule has 0 atom stereocenters. The number of nitrogens with zero attached hydrogens (tertiary/aromatic N) is 2. The summed E-state index contributed by atoms with van der Waals surface area (Å²) in [7, 11) is 0. The average molecular weight is 237 g/mol. The van der Waals surface area contributed by atoms with E-state index in [-0.39, 0.29) is 5.82 Å². The van der Waals surface area contributed by atoms with Crippen molar-refractivity contribution < 1.29 is 4.39 Å². The summed E-state index contributed by atoms with van der Waals surface area (Å²) in [5.74, 6) is 0.333. The summed E-state index contributed by atoms with van der Waals surface area (Å²) in [4.78, 5) is 0.920. The van der Waals surface area contributed by atoms with E-state index >= 15 is 0 Å². The molecule has 3 nitrogen and oxygen atoms in total. The lowest BCUT2D eigenvalue weighted by atomic mass is 10.2. The van der Waals surface area contributed by atoms with Gasteiger partial charge in [0.1, 0.15) is 11.6 Å². The van der Waals surface area contributed by atoms with Gasteiger partial charge >= 0.3 is 0 Å². The van der Waals surface area contributed by atoms with Gasteiger partial charge in [-0.25, -0.2) is 9.07 Å². The molecule has 1 aromatic heterocycles. The van der Waals surface area contributed by atoms with E-state index < -0.39 is 0 Å². The predicted molar refractivity (Wildman–Crippen MR) is 64.5 cm³/mol. The second-order valence-electron chi connectivity index (χ2n) is 3.44. The van der Waals surface area contributed by atoms with E-state index in [0.717, 1.165) is 16.1 Å². The predicted octanol–water partition coefficient (Wildman–Crippen LogP) is 2.62. The third-order valence-electron chi connectivity index (χ3n) is 2.38. The van der Waals surface area contributed by atoms with Crippen molar-refractivity contribution in [2.45, 2.75) is 11.8 Å². The van der Waals surface area contributed by atoms with E-state index in [1.54, 1.807) is 16.9 Å². The van der Waals surface area contributed by atoms with Crippen LogP contribution in [0.1, 0.15) is 5.56 Å². The number of hydrogen-bond donors (Lipinski definition) is 1. The van der Waals surface area contributed by atoms with Crippen molar-refractivity contribution in [3.63, 3.8) is 0 Å². The fraction of sp³-hybridized carbons (Fsp3) is 0.182. The summed E-state index contributed by atoms with van der Waals surface area (Å²) in [6.45, 7) is 1.83. The summed E-state index contributed by atoms with van der Waals surface area (Å²) in [6, 6.07) is 4.55. The number of aryl methyl sites for hydroxylation is 1. The molecule has 84 valence electrons. The monoisotopic (exact) mass is 237 g/mol. The minimum atomic E-state index is -0.253. The zero-order valence-corrected chi connectivity index (χ0v) is 9.88. The van der Waals surface area contributed by atoms with Crippen molar-refractivity contribution in [1.29, 1.82) is 0 Å². The van der Waals surface area contributed by atoms with Gasteiger partial charge in [0.15, 0.2) is 0 Å². The Balaban J connectivity index is 2.54. The maximum absolute atomic E-state index is 13.0. The van der Waals surface area contributed by atoms with Crippen LogP contribution in [0.5, 0.6) is 0 Å². The van der Waals surface area contributed by atoms with Crippen LogP contribution in [-0.4, -0.2) is 16.0 Å². The normalized spacial score (nSPS) is 10.7. The smallest absolute Gasteiger partial charge is 0.140 e. The molecular weight excluding hydrogens is 225 g/mol. The van der Waals surface area contributed by atoms with Gasteiger partial charge in [0.2, 0.25) is 0 Å². The molecule has 0 aliphatic rings. The number of aromatic nitrogens is 2. The maximum Gasteiger partial charge on any atom is 0.140 e. The summed E-state index contributed by atoms with van der Waals surface area (Å²) < 4.78 is 14.6. The Morgan fingerprint density at radius 3 is 2.75 bits per heavy atom. The molecular formula is C11H12FN3S. The summed E-state index contributed by atoms with van der Waals surface area (Å²) in [6.07, 6.45) is 3.65. The second kappa shape index (κ2) is 4.17. The molecule has 0 saturated heterocycles. The van der Waals surface area contributed by atoms with E-state index in [2.05, 4.69) is 5.10 Å². The van der Waals surface area contributed by atoms with Gasteiger partial charge in [-0.3, -0.25) is 0 Å². The van der Waals surface area contributed by atoms with E-state index in [9.17, 15) is 4.39 Å². The first kappa shape index (κ1) is 11.0. The van der Waals surface area contributed by atoms with Crippen molar-refractivity contribution in [2.75, 3.05) is 12.0 Å². The highest BCUT2D eigenvalue weighted by molar-refractivity contribution is 7.98. The van der Waals surface area contributed by atoms with Crippen LogP contribution in [0.25, 0.3) is 5.69 Å². The largest absolute Gasteiger partial charge is 0.383 e. The van der Waals surface area contributed by atoms with Crippen molar-refractivity contribution in [3.8, 4) is 5.69 Å². The summed E-state index contributed by atoms with van der Waals surface area (Å²) in [5, 5.41) is 4.20. The Hall–Kier alpha value is -1.49. The van der Waals surface area contributed by atoms with Gasteiger partial charge in [0, 0.05) is 0 Å². The van der Waals surface area contributed by atoms with E-state index in [4.69, 9.17) is 5.73 Å². The summed E-state index contributed by atoms with van der Waals surface area (Å²) >= 11 is 1.54. The Kier molecular flexibility index (Phi) is 2.87. The van der Waals surface area contributed by atoms with Gasteiger partial charge < -0.3 is 5.73 Å². The number of nitrogens with two attached hydrogens (primary N) is 1. The van der Waals surface area contributed by atoms with Gasteiger partial charge in [-0.2, -0.15) is 5.10 Å². The molecule has 0 unspecified atom stereocenters. The summed E-state index contributed by atoms with van der Waals surface area (Å²) in [5.41, 5.74) is 7.55. The molecule has 16 heavy (non-hydrogen) atoms. The van der Waals surface area contributed by atoms with Crippen LogP contribution in [0.2, 0.25) is 0 Å². The van der Waals surface area contributed by atoms with Crippen molar-refractivity contribution in [3.05, 3.63) is 35.8 Å². The van der Waals surface area contributed by atoms with Crippen LogP contribution in [0, 0.1) is 12.7 Å². The number of hydrogen-bond acceptors (Lipinski definition) is 3. The molecule has 0 aliphatic carbocycles. The minimum absolute atomic E-state index is 0.253. The van der Waals surface area contributed by atoms with E-state index in [1.807, 2.05) is 13.2 Å². The SMILES string of the molecule is CSc1cnn(-c2ccc(F)cc2C)c1N. The number of thioether (sulfide) groups is 1. The average Bonchev–Trinajstić information content (AvgIpc) is 2.60. The molecule has 2 rings (SSSR count). The number of benzene rings is 1. The number of rotatable bonds is 2. The third kappa shape index (κ3) is 1.78. The molecule has 0 amide bonds. The van der Waals surface area contributed by atoms with E-state index in [0.29, 0.717) is 5.82 Å². The molecule has 0 saturated carbocycles. The number of nitrogen functional groups attached to an aromatic ring is 1. The second-order valence-corrected chi connectivity index (χ2v) is 4.29. The first-order valence-electron chi connectivity index (χ1n) is 4.77. The van der Waals surface area contributed by atoms with Crippen LogP contribution in [0.3, 0.4) is 0 Å². The van der Waals surface area contributed by atoms with Gasteiger partial charge in [-0.05, 0) is 36.9 Å². The highest BCUT2D eigenvalue weighted by atomic mass is 32.2. The Morgan fingerprint density at radius 1 is 1.44 bits per heavy atom. The highest BCUT2D eigenvalue weighted by Gasteiger charge is 2.10. The fourth-order valence-corrected chi connectivity index (χ4v) is 2.00. The van der Waals surface area contributed by atoms with Gasteiger partial charge in [-0.1, -0.05) is 0 Å². The molecule has 2 N–H and O–H groups in total. The van der Waals surface area contributed by atoms with Crippen molar-refractivity contribution in [2.24, 2.45) is 0 Å². The Bertz CT molecular complexity index is 522. The molecule has 1 aromatic carbocycles. The van der Waals surface area contributed by atoms with Crippen LogP contribution in [0.15, 0.2) is 29.3 Å². The van der Waals surface area contributed by atoms with Gasteiger partial charge in [-0.15, -0.1) is 11.8 Å².